The molecule has 0 amide bonds. The van der Waals surface area contributed by atoms with Crippen LogP contribution in [0.4, 0.5) is 0 Å². The van der Waals surface area contributed by atoms with E-state index in [4.69, 9.17) is 0 Å². The maximum Gasteiger partial charge on any atom is 0.0727 e. The standard InChI is InChI=1S/C18H18N2/c1-5-17-14(4)20-18(16-7-6-10-19-12-16)11-15(17)9-8-13(2)3/h5-12H,1-2H2,3-4H3. The van der Waals surface area contributed by atoms with Crippen molar-refractivity contribution in [1.29, 1.82) is 0 Å². The first-order valence-corrected chi connectivity index (χ1v) is 6.50. The maximum absolute atomic E-state index is 4.63. The van der Waals surface area contributed by atoms with Gasteiger partial charge in [-0.05, 0) is 37.6 Å². The molecule has 2 aromatic rings. The summed E-state index contributed by atoms with van der Waals surface area (Å²) in [6.45, 7) is 11.7. The molecule has 0 atom stereocenters. The van der Waals surface area contributed by atoms with E-state index in [2.05, 4.69) is 29.2 Å². The molecule has 0 bridgehead atoms. The Hall–Kier alpha value is -2.48. The van der Waals surface area contributed by atoms with Gasteiger partial charge >= 0.3 is 0 Å². The number of rotatable bonds is 4. The van der Waals surface area contributed by atoms with E-state index in [-0.39, 0.29) is 0 Å². The number of allylic oxidation sites excluding steroid dienone is 2. The second-order valence-electron chi connectivity index (χ2n) is 4.72. The van der Waals surface area contributed by atoms with E-state index in [1.54, 1.807) is 6.20 Å². The SMILES string of the molecule is C=Cc1c(C=CC(=C)C)cc(-c2cccnc2)nc1C. The molecule has 0 unspecified atom stereocenters. The Balaban J connectivity index is 2.57. The fraction of sp³-hybridized carbons (Fsp3) is 0.111. The van der Waals surface area contributed by atoms with Crippen LogP contribution in [0.2, 0.25) is 0 Å². The summed E-state index contributed by atoms with van der Waals surface area (Å²) in [7, 11) is 0. The minimum absolute atomic E-state index is 0.919. The Morgan fingerprint density at radius 2 is 2.15 bits per heavy atom. The highest BCUT2D eigenvalue weighted by Gasteiger charge is 2.07. The van der Waals surface area contributed by atoms with Gasteiger partial charge in [-0.3, -0.25) is 9.97 Å². The maximum atomic E-state index is 4.63. The van der Waals surface area contributed by atoms with Gasteiger partial charge in [-0.1, -0.05) is 37.0 Å². The summed E-state index contributed by atoms with van der Waals surface area (Å²) in [6.07, 6.45) is 9.47. The number of hydrogen-bond acceptors (Lipinski definition) is 2. The van der Waals surface area contributed by atoms with Gasteiger partial charge in [0.15, 0.2) is 0 Å². The monoisotopic (exact) mass is 262 g/mol. The van der Waals surface area contributed by atoms with Crippen molar-refractivity contribution in [2.45, 2.75) is 13.8 Å². The fourth-order valence-corrected chi connectivity index (χ4v) is 2.00. The van der Waals surface area contributed by atoms with E-state index in [1.807, 2.05) is 50.4 Å². The molecule has 0 N–H and O–H groups in total. The number of pyridine rings is 2. The van der Waals surface area contributed by atoms with Crippen molar-refractivity contribution in [3.05, 3.63) is 72.2 Å². The molecule has 0 aromatic carbocycles. The van der Waals surface area contributed by atoms with Gasteiger partial charge in [-0.2, -0.15) is 0 Å². The van der Waals surface area contributed by atoms with Crippen LogP contribution in [0.3, 0.4) is 0 Å². The van der Waals surface area contributed by atoms with Crippen molar-refractivity contribution in [2.75, 3.05) is 0 Å². The topological polar surface area (TPSA) is 25.8 Å². The first-order valence-electron chi connectivity index (χ1n) is 6.50. The van der Waals surface area contributed by atoms with E-state index >= 15 is 0 Å². The van der Waals surface area contributed by atoms with Crippen LogP contribution in [0.15, 0.2) is 55.4 Å². The van der Waals surface area contributed by atoms with Gasteiger partial charge in [0.2, 0.25) is 0 Å². The molecular weight excluding hydrogens is 244 g/mol. The van der Waals surface area contributed by atoms with Crippen molar-refractivity contribution in [2.24, 2.45) is 0 Å². The molecule has 0 saturated heterocycles. The molecular formula is C18H18N2. The lowest BCUT2D eigenvalue weighted by Gasteiger charge is -2.09. The zero-order valence-corrected chi connectivity index (χ0v) is 11.9. The van der Waals surface area contributed by atoms with E-state index < -0.39 is 0 Å². The molecule has 0 aliphatic rings. The van der Waals surface area contributed by atoms with Crippen molar-refractivity contribution in [3.8, 4) is 11.3 Å². The van der Waals surface area contributed by atoms with Gasteiger partial charge < -0.3 is 0 Å². The fourth-order valence-electron chi connectivity index (χ4n) is 2.00. The number of aromatic nitrogens is 2. The molecule has 2 aromatic heterocycles. The third kappa shape index (κ3) is 3.09. The summed E-state index contributed by atoms with van der Waals surface area (Å²) in [5.74, 6) is 0. The van der Waals surface area contributed by atoms with E-state index in [9.17, 15) is 0 Å². The van der Waals surface area contributed by atoms with E-state index in [0.29, 0.717) is 0 Å². The van der Waals surface area contributed by atoms with Gasteiger partial charge in [0, 0.05) is 29.2 Å². The lowest BCUT2D eigenvalue weighted by molar-refractivity contribution is 1.18. The Morgan fingerprint density at radius 3 is 2.75 bits per heavy atom. The molecule has 0 aliphatic carbocycles. The van der Waals surface area contributed by atoms with Crippen molar-refractivity contribution < 1.29 is 0 Å². The van der Waals surface area contributed by atoms with Crippen LogP contribution < -0.4 is 0 Å². The largest absolute Gasteiger partial charge is 0.264 e. The molecule has 100 valence electrons. The summed E-state index contributed by atoms with van der Waals surface area (Å²) in [5, 5.41) is 0. The van der Waals surface area contributed by atoms with Crippen LogP contribution >= 0.6 is 0 Å². The molecule has 20 heavy (non-hydrogen) atoms. The average molecular weight is 262 g/mol. The summed E-state index contributed by atoms with van der Waals surface area (Å²) >= 11 is 0. The zero-order chi connectivity index (χ0) is 14.5. The zero-order valence-electron chi connectivity index (χ0n) is 11.9. The Bertz CT molecular complexity index is 667. The second kappa shape index (κ2) is 6.11. The van der Waals surface area contributed by atoms with Crippen molar-refractivity contribution in [3.63, 3.8) is 0 Å². The summed E-state index contributed by atoms with van der Waals surface area (Å²) < 4.78 is 0. The van der Waals surface area contributed by atoms with Gasteiger partial charge in [-0.25, -0.2) is 0 Å². The quantitative estimate of drug-likeness (QED) is 0.747. The van der Waals surface area contributed by atoms with Crippen LogP contribution in [0.25, 0.3) is 23.4 Å². The molecule has 2 heterocycles. The number of aryl methyl sites for hydroxylation is 1. The lowest BCUT2D eigenvalue weighted by Crippen LogP contribution is -1.95. The molecule has 2 nitrogen and oxygen atoms in total. The third-order valence-electron chi connectivity index (χ3n) is 2.99. The highest BCUT2D eigenvalue weighted by atomic mass is 14.7. The van der Waals surface area contributed by atoms with E-state index in [1.165, 1.54) is 0 Å². The summed E-state index contributed by atoms with van der Waals surface area (Å²) in [6, 6.07) is 5.98. The van der Waals surface area contributed by atoms with Gasteiger partial charge in [0.1, 0.15) is 0 Å². The highest BCUT2D eigenvalue weighted by molar-refractivity contribution is 5.72. The Labute approximate surface area is 120 Å². The highest BCUT2D eigenvalue weighted by Crippen LogP contribution is 2.24. The van der Waals surface area contributed by atoms with Crippen LogP contribution in [0.5, 0.6) is 0 Å². The molecule has 0 aliphatic heterocycles. The molecule has 2 heteroatoms. The molecule has 0 fully saturated rings. The smallest absolute Gasteiger partial charge is 0.0727 e. The van der Waals surface area contributed by atoms with Gasteiger partial charge in [0.05, 0.1) is 5.69 Å². The lowest BCUT2D eigenvalue weighted by atomic mass is 10.0. The molecule has 0 spiro atoms. The average Bonchev–Trinajstić information content (AvgIpc) is 2.45. The third-order valence-corrected chi connectivity index (χ3v) is 2.99. The van der Waals surface area contributed by atoms with Crippen molar-refractivity contribution >= 4 is 12.2 Å². The first kappa shape index (κ1) is 13.9. The Morgan fingerprint density at radius 1 is 1.35 bits per heavy atom. The van der Waals surface area contributed by atoms with Crippen molar-refractivity contribution in [1.82, 2.24) is 9.97 Å². The molecule has 0 radical (unpaired) electrons. The summed E-state index contributed by atoms with van der Waals surface area (Å²) in [4.78, 5) is 8.78. The first-order chi connectivity index (χ1) is 9.61. The number of hydrogen-bond donors (Lipinski definition) is 0. The van der Waals surface area contributed by atoms with Crippen LogP contribution in [0, 0.1) is 6.92 Å². The van der Waals surface area contributed by atoms with Gasteiger partial charge in [-0.15, -0.1) is 0 Å². The summed E-state index contributed by atoms with van der Waals surface area (Å²) in [5.41, 5.74) is 6.04. The normalized spacial score (nSPS) is 10.7. The minimum Gasteiger partial charge on any atom is -0.264 e. The number of nitrogens with zero attached hydrogens (tertiary/aromatic N) is 2. The second-order valence-corrected chi connectivity index (χ2v) is 4.72. The van der Waals surface area contributed by atoms with Crippen LogP contribution in [-0.2, 0) is 0 Å². The minimum atomic E-state index is 0.919. The molecule has 0 saturated carbocycles. The van der Waals surface area contributed by atoms with Crippen LogP contribution in [0.1, 0.15) is 23.7 Å². The predicted octanol–water partition coefficient (Wildman–Crippen LogP) is 4.68. The van der Waals surface area contributed by atoms with Crippen LogP contribution in [-0.4, -0.2) is 9.97 Å². The Kier molecular flexibility index (Phi) is 4.26. The van der Waals surface area contributed by atoms with E-state index in [0.717, 1.165) is 33.7 Å². The predicted molar refractivity (Wildman–Crippen MR) is 86.1 cm³/mol. The van der Waals surface area contributed by atoms with Gasteiger partial charge in [0.25, 0.3) is 0 Å². The molecule has 2 rings (SSSR count).